The first-order chi connectivity index (χ1) is 15.3. The van der Waals surface area contributed by atoms with Crippen molar-refractivity contribution in [3.05, 3.63) is 65.9 Å². The van der Waals surface area contributed by atoms with Gasteiger partial charge >= 0.3 is 0 Å². The van der Waals surface area contributed by atoms with Crippen molar-refractivity contribution in [1.82, 2.24) is 4.98 Å². The van der Waals surface area contributed by atoms with Crippen LogP contribution in [-0.2, 0) is 20.2 Å². The van der Waals surface area contributed by atoms with Gasteiger partial charge in [0.15, 0.2) is 11.5 Å². The van der Waals surface area contributed by atoms with Crippen LogP contribution in [-0.4, -0.2) is 26.1 Å². The Labute approximate surface area is 189 Å². The summed E-state index contributed by atoms with van der Waals surface area (Å²) in [5.41, 5.74) is 2.45. The molecule has 1 aliphatic heterocycles. The van der Waals surface area contributed by atoms with E-state index in [2.05, 4.69) is 10.3 Å². The van der Waals surface area contributed by atoms with Gasteiger partial charge in [-0.25, -0.2) is 18.5 Å². The third-order valence-electron chi connectivity index (χ3n) is 5.92. The molecule has 2 aromatic carbocycles. The van der Waals surface area contributed by atoms with E-state index < -0.39 is 15.4 Å². The number of nitrogens with zero attached hydrogens (tertiary/aromatic N) is 1. The summed E-state index contributed by atoms with van der Waals surface area (Å²) in [6, 6.07) is 13.8. The van der Waals surface area contributed by atoms with Gasteiger partial charge in [-0.2, -0.15) is 0 Å². The Kier molecular flexibility index (Phi) is 4.68. The van der Waals surface area contributed by atoms with Gasteiger partial charge in [0.2, 0.25) is 22.7 Å². The van der Waals surface area contributed by atoms with Crippen molar-refractivity contribution >= 4 is 21.7 Å². The Morgan fingerprint density at radius 2 is 1.88 bits per heavy atom. The molecule has 0 saturated heterocycles. The van der Waals surface area contributed by atoms with Crippen molar-refractivity contribution in [2.45, 2.75) is 30.1 Å². The number of rotatable bonds is 5. The maximum absolute atomic E-state index is 13.2. The smallest absolute Gasteiger partial charge is 0.238 e. The Morgan fingerprint density at radius 1 is 1.09 bits per heavy atom. The molecule has 8 nitrogen and oxygen atoms in total. The lowest BCUT2D eigenvalue weighted by molar-refractivity contribution is -0.118. The number of pyridine rings is 1. The van der Waals surface area contributed by atoms with Crippen LogP contribution in [0, 0.1) is 6.92 Å². The Morgan fingerprint density at radius 3 is 2.59 bits per heavy atom. The maximum Gasteiger partial charge on any atom is 0.238 e. The van der Waals surface area contributed by atoms with Crippen LogP contribution < -0.4 is 19.9 Å². The van der Waals surface area contributed by atoms with E-state index in [1.807, 2.05) is 31.2 Å². The molecule has 1 aliphatic carbocycles. The molecule has 9 heteroatoms. The Balaban J connectivity index is 0.00000144. The van der Waals surface area contributed by atoms with Crippen molar-refractivity contribution in [2.24, 2.45) is 5.14 Å². The maximum atomic E-state index is 13.2. The van der Waals surface area contributed by atoms with E-state index in [0.29, 0.717) is 22.9 Å². The summed E-state index contributed by atoms with van der Waals surface area (Å²) in [5.74, 6) is 1.69. The van der Waals surface area contributed by atoms with Gasteiger partial charge in [0.25, 0.3) is 0 Å². The highest BCUT2D eigenvalue weighted by Gasteiger charge is 2.51. The first-order valence-electron chi connectivity index (χ1n) is 10.1. The van der Waals surface area contributed by atoms with E-state index in [4.69, 9.17) is 14.6 Å². The largest absolute Gasteiger partial charge is 0.454 e. The van der Waals surface area contributed by atoms with Crippen LogP contribution in [0.5, 0.6) is 11.5 Å². The number of hydrogen-bond acceptors (Lipinski definition) is 6. The van der Waals surface area contributed by atoms with Gasteiger partial charge in [-0.1, -0.05) is 18.2 Å². The summed E-state index contributed by atoms with van der Waals surface area (Å²) in [6.45, 7) is 2.03. The zero-order valence-corrected chi connectivity index (χ0v) is 18.1. The normalized spacial score (nSPS) is 15.9. The van der Waals surface area contributed by atoms with E-state index in [-0.39, 0.29) is 21.9 Å². The Bertz CT molecular complexity index is 1360. The van der Waals surface area contributed by atoms with Gasteiger partial charge < -0.3 is 14.8 Å². The summed E-state index contributed by atoms with van der Waals surface area (Å²) in [7, 11) is -3.80. The number of nitrogens with one attached hydrogen (secondary N) is 1. The fraction of sp³-hybridized carbons (Fsp3) is 0.217. The molecule has 3 N–H and O–H groups in total. The highest BCUT2D eigenvalue weighted by molar-refractivity contribution is 7.89. The fourth-order valence-electron chi connectivity index (χ4n) is 3.91. The highest BCUT2D eigenvalue weighted by Crippen LogP contribution is 2.51. The lowest BCUT2D eigenvalue weighted by Crippen LogP contribution is -2.28. The molecule has 3 aromatic rings. The highest BCUT2D eigenvalue weighted by atomic mass is 32.2. The summed E-state index contributed by atoms with van der Waals surface area (Å²) in [6.07, 6.45) is 3.09. The average Bonchev–Trinajstić information content (AvgIpc) is 3.45. The zero-order chi connectivity index (χ0) is 22.5. The van der Waals surface area contributed by atoms with Crippen LogP contribution >= 0.6 is 0 Å². The number of nitrogens with two attached hydrogens (primary N) is 1. The summed E-state index contributed by atoms with van der Waals surface area (Å²) < 4.78 is 34.1. The molecule has 0 unspecified atom stereocenters. The van der Waals surface area contributed by atoms with E-state index >= 15 is 0 Å². The predicted molar refractivity (Wildman–Crippen MR) is 124 cm³/mol. The van der Waals surface area contributed by atoms with Crippen LogP contribution in [0.3, 0.4) is 0 Å². The van der Waals surface area contributed by atoms with Crippen LogP contribution in [0.15, 0.2) is 59.6 Å². The number of hydrogen-bond donors (Lipinski definition) is 2. The predicted octanol–water partition coefficient (Wildman–Crippen LogP) is 3.84. The van der Waals surface area contributed by atoms with E-state index in [1.54, 1.807) is 18.3 Å². The molecule has 1 amide bonds. The number of primary sulfonamides is 1. The molecule has 2 aliphatic rings. The Hall–Kier alpha value is -3.43. The van der Waals surface area contributed by atoms with Crippen LogP contribution in [0.25, 0.3) is 11.1 Å². The topological polar surface area (TPSA) is 121 Å². The van der Waals surface area contributed by atoms with Crippen molar-refractivity contribution < 1.29 is 27.0 Å². The minimum Gasteiger partial charge on any atom is -0.454 e. The molecule has 0 radical (unpaired) electrons. The van der Waals surface area contributed by atoms with Gasteiger partial charge in [0, 0.05) is 16.0 Å². The van der Waals surface area contributed by atoms with Gasteiger partial charge in [0.05, 0.1) is 10.3 Å². The third-order valence-corrected chi connectivity index (χ3v) is 6.83. The molecule has 32 heavy (non-hydrogen) atoms. The van der Waals surface area contributed by atoms with E-state index in [0.717, 1.165) is 29.5 Å². The molecule has 2 heterocycles. The zero-order valence-electron chi connectivity index (χ0n) is 17.3. The molecule has 1 fully saturated rings. The van der Waals surface area contributed by atoms with Gasteiger partial charge in [0.1, 0.15) is 5.82 Å². The first kappa shape index (κ1) is 20.5. The van der Waals surface area contributed by atoms with E-state index in [9.17, 15) is 13.2 Å². The summed E-state index contributed by atoms with van der Waals surface area (Å²) in [4.78, 5) is 17.6. The third kappa shape index (κ3) is 3.59. The number of ether oxygens (including phenoxy) is 2. The summed E-state index contributed by atoms with van der Waals surface area (Å²) in [5, 5.41) is 8.19. The van der Waals surface area contributed by atoms with Gasteiger partial charge in [-0.15, -0.1) is 0 Å². The molecular formula is C23H27N3O5S. The second-order valence-corrected chi connectivity index (χ2v) is 9.63. The van der Waals surface area contributed by atoms with Gasteiger partial charge in [-0.05, 0) is 66.8 Å². The number of anilines is 1. The minimum absolute atomic E-state index is 0. The van der Waals surface area contributed by atoms with Crippen LogP contribution in [0.4, 0.5) is 5.82 Å². The van der Waals surface area contributed by atoms with Crippen molar-refractivity contribution in [3.63, 3.8) is 0 Å². The van der Waals surface area contributed by atoms with Crippen LogP contribution in [0.1, 0.15) is 28.2 Å². The van der Waals surface area contributed by atoms with Gasteiger partial charge in [-0.3, -0.25) is 4.79 Å². The number of amides is 1. The second kappa shape index (κ2) is 7.32. The monoisotopic (exact) mass is 457 g/mol. The number of benzene rings is 2. The van der Waals surface area contributed by atoms with Crippen molar-refractivity contribution in [1.29, 1.82) is 0 Å². The lowest BCUT2D eigenvalue weighted by atomic mass is 9.94. The fourth-order valence-corrected chi connectivity index (χ4v) is 4.47. The number of carbonyl (C=O) groups is 1. The average molecular weight is 458 g/mol. The molecule has 170 valence electrons. The van der Waals surface area contributed by atoms with Crippen LogP contribution in [0.2, 0.25) is 0 Å². The SMILES string of the molecule is Cc1cc(-c2cccc(S(N)(=O)=O)c2)cnc1NC(=O)C1(c2ccc3c(c2)OCO3)CC1.[HH].[HH].[HH]. The molecule has 1 saturated carbocycles. The standard InChI is InChI=1S/C23H21N3O5S.3H2/c1-14-9-16(15-3-2-4-18(10-15)32(24,28)29)12-25-21(14)26-22(27)23(7-8-23)17-5-6-19-20(11-17)31-13-30-19;;;/h2-6,9-12H,7-8,13H2,1H3,(H2,24,28,29)(H,25,26,27);3*1H. The number of aromatic nitrogens is 1. The first-order valence-corrected chi connectivity index (χ1v) is 11.6. The number of sulfonamides is 1. The second-order valence-electron chi connectivity index (χ2n) is 8.07. The van der Waals surface area contributed by atoms with Crippen molar-refractivity contribution in [3.8, 4) is 22.6 Å². The molecule has 0 atom stereocenters. The molecular weight excluding hydrogens is 430 g/mol. The number of aryl methyl sites for hydroxylation is 1. The molecule has 5 rings (SSSR count). The number of carbonyl (C=O) groups excluding carboxylic acids is 1. The lowest BCUT2D eigenvalue weighted by Gasteiger charge is -2.17. The minimum atomic E-state index is -3.80. The van der Waals surface area contributed by atoms with Crippen molar-refractivity contribution in [2.75, 3.05) is 12.1 Å². The molecule has 1 aromatic heterocycles. The summed E-state index contributed by atoms with van der Waals surface area (Å²) >= 11 is 0. The molecule has 0 spiro atoms. The quantitative estimate of drug-likeness (QED) is 0.600. The van der Waals surface area contributed by atoms with E-state index in [1.165, 1.54) is 12.1 Å². The number of fused-ring (bicyclic) bond motifs is 1. The molecule has 0 bridgehead atoms.